The van der Waals surface area contributed by atoms with E-state index in [1.54, 1.807) is 42.5 Å². The Balaban J connectivity index is 1.60. The van der Waals surface area contributed by atoms with Gasteiger partial charge in [0.05, 0.1) is 17.5 Å². The Morgan fingerprint density at radius 2 is 1.60 bits per heavy atom. The molecule has 0 saturated carbocycles. The normalized spacial score (nSPS) is 16.7. The number of nitrogens with zero attached hydrogens (tertiary/aromatic N) is 3. The predicted octanol–water partition coefficient (Wildman–Crippen LogP) is 3.13. The standard InChI is InChI=1S/C27H32N4O3S/c1-30(2)27-28-19-24(18-22-13-15-25(32)16-14-22)31(27)20-23(17-21-9-5-3-6-10-21)29-35(33,34)26-11-7-4-8-12-26/h3-16,23-24,29,32H,17-20H2,1-2H3/t23-,24-/m0/s1. The van der Waals surface area contributed by atoms with Gasteiger partial charge in [0.25, 0.3) is 0 Å². The molecule has 0 amide bonds. The molecule has 0 bridgehead atoms. The van der Waals surface area contributed by atoms with Crippen LogP contribution in [-0.4, -0.2) is 68.6 Å². The van der Waals surface area contributed by atoms with Crippen LogP contribution in [0.3, 0.4) is 0 Å². The molecule has 0 unspecified atom stereocenters. The van der Waals surface area contributed by atoms with Crippen molar-refractivity contribution in [1.82, 2.24) is 14.5 Å². The highest BCUT2D eigenvalue weighted by molar-refractivity contribution is 7.89. The Morgan fingerprint density at radius 3 is 2.23 bits per heavy atom. The molecule has 0 saturated heterocycles. The molecular formula is C27H32N4O3S. The summed E-state index contributed by atoms with van der Waals surface area (Å²) in [6.07, 6.45) is 1.29. The summed E-state index contributed by atoms with van der Waals surface area (Å²) in [4.78, 5) is 9.20. The van der Waals surface area contributed by atoms with Gasteiger partial charge in [0.15, 0.2) is 5.96 Å². The van der Waals surface area contributed by atoms with Gasteiger partial charge < -0.3 is 14.9 Å². The molecule has 4 rings (SSSR count). The summed E-state index contributed by atoms with van der Waals surface area (Å²) >= 11 is 0. The summed E-state index contributed by atoms with van der Waals surface area (Å²) < 4.78 is 29.4. The third kappa shape index (κ3) is 6.41. The van der Waals surface area contributed by atoms with Crippen molar-refractivity contribution < 1.29 is 13.5 Å². The highest BCUT2D eigenvalue weighted by Gasteiger charge is 2.32. The van der Waals surface area contributed by atoms with Gasteiger partial charge in [0, 0.05) is 26.7 Å². The van der Waals surface area contributed by atoms with Crippen LogP contribution in [0.4, 0.5) is 0 Å². The van der Waals surface area contributed by atoms with Crippen molar-refractivity contribution in [3.8, 4) is 5.75 Å². The highest BCUT2D eigenvalue weighted by atomic mass is 32.2. The Kier molecular flexibility index (Phi) is 7.73. The van der Waals surface area contributed by atoms with E-state index < -0.39 is 10.0 Å². The molecule has 184 valence electrons. The van der Waals surface area contributed by atoms with Crippen LogP contribution in [0, 0.1) is 0 Å². The van der Waals surface area contributed by atoms with E-state index in [4.69, 9.17) is 4.99 Å². The molecule has 1 aliphatic heterocycles. The molecule has 1 heterocycles. The fourth-order valence-electron chi connectivity index (χ4n) is 4.41. The number of hydrogen-bond donors (Lipinski definition) is 2. The maximum atomic E-state index is 13.2. The molecule has 0 aromatic heterocycles. The third-order valence-corrected chi connectivity index (χ3v) is 7.60. The van der Waals surface area contributed by atoms with E-state index in [2.05, 4.69) is 9.62 Å². The van der Waals surface area contributed by atoms with E-state index in [0.717, 1.165) is 23.5 Å². The Bertz CT molecular complexity index is 1230. The van der Waals surface area contributed by atoms with Crippen molar-refractivity contribution in [3.05, 3.63) is 96.1 Å². The molecule has 2 N–H and O–H groups in total. The number of aromatic hydroxyl groups is 1. The summed E-state index contributed by atoms with van der Waals surface area (Å²) in [5, 5.41) is 9.64. The summed E-state index contributed by atoms with van der Waals surface area (Å²) in [5.74, 6) is 1.08. The molecule has 0 spiro atoms. The predicted molar refractivity (Wildman–Crippen MR) is 139 cm³/mol. The summed E-state index contributed by atoms with van der Waals surface area (Å²) in [7, 11) is 0.209. The van der Waals surface area contributed by atoms with E-state index in [-0.39, 0.29) is 22.7 Å². The third-order valence-electron chi connectivity index (χ3n) is 6.07. The molecule has 7 nitrogen and oxygen atoms in total. The van der Waals surface area contributed by atoms with E-state index in [1.807, 2.05) is 61.5 Å². The molecule has 0 radical (unpaired) electrons. The minimum absolute atomic E-state index is 0.0800. The van der Waals surface area contributed by atoms with E-state index in [1.165, 1.54) is 0 Å². The zero-order valence-electron chi connectivity index (χ0n) is 20.1. The number of sulfonamides is 1. The fraction of sp³-hybridized carbons (Fsp3) is 0.296. The summed E-state index contributed by atoms with van der Waals surface area (Å²) in [5.41, 5.74) is 2.16. The largest absolute Gasteiger partial charge is 0.508 e. The zero-order chi connectivity index (χ0) is 24.8. The number of hydrogen-bond acceptors (Lipinski definition) is 6. The van der Waals surface area contributed by atoms with Gasteiger partial charge in [0.2, 0.25) is 10.0 Å². The van der Waals surface area contributed by atoms with Crippen LogP contribution in [0.1, 0.15) is 11.1 Å². The first kappa shape index (κ1) is 24.8. The minimum atomic E-state index is -3.70. The van der Waals surface area contributed by atoms with Crippen LogP contribution in [0.5, 0.6) is 5.75 Å². The van der Waals surface area contributed by atoms with Crippen LogP contribution in [0.2, 0.25) is 0 Å². The van der Waals surface area contributed by atoms with Crippen molar-refractivity contribution in [3.63, 3.8) is 0 Å². The first-order valence-corrected chi connectivity index (χ1v) is 13.2. The molecule has 8 heteroatoms. The van der Waals surface area contributed by atoms with Gasteiger partial charge in [-0.1, -0.05) is 60.7 Å². The SMILES string of the molecule is CN(C)C1=NC[C@H](Cc2ccc(O)cc2)N1C[C@H](Cc1ccccc1)NS(=O)(=O)c1ccccc1. The lowest BCUT2D eigenvalue weighted by atomic mass is 10.0. The van der Waals surface area contributed by atoms with Crippen molar-refractivity contribution in [2.45, 2.75) is 29.8 Å². The minimum Gasteiger partial charge on any atom is -0.508 e. The first-order valence-electron chi connectivity index (χ1n) is 11.7. The average Bonchev–Trinajstić information content (AvgIpc) is 3.23. The van der Waals surface area contributed by atoms with Crippen LogP contribution in [0.25, 0.3) is 0 Å². The highest BCUT2D eigenvalue weighted by Crippen LogP contribution is 2.21. The van der Waals surface area contributed by atoms with Crippen LogP contribution in [-0.2, 0) is 22.9 Å². The number of nitrogens with one attached hydrogen (secondary N) is 1. The van der Waals surface area contributed by atoms with Gasteiger partial charge in [-0.05, 0) is 48.2 Å². The molecule has 3 aromatic carbocycles. The molecular weight excluding hydrogens is 460 g/mol. The maximum Gasteiger partial charge on any atom is 0.240 e. The van der Waals surface area contributed by atoms with Gasteiger partial charge in [0.1, 0.15) is 5.75 Å². The zero-order valence-corrected chi connectivity index (χ0v) is 20.9. The number of guanidine groups is 1. The molecule has 35 heavy (non-hydrogen) atoms. The molecule has 0 fully saturated rings. The van der Waals surface area contributed by atoms with Crippen molar-refractivity contribution in [2.24, 2.45) is 4.99 Å². The molecule has 0 aliphatic carbocycles. The van der Waals surface area contributed by atoms with Crippen LogP contribution in [0.15, 0.2) is 94.8 Å². The van der Waals surface area contributed by atoms with Crippen molar-refractivity contribution >= 4 is 16.0 Å². The maximum absolute atomic E-state index is 13.2. The second-order valence-corrected chi connectivity index (χ2v) is 10.7. The molecule has 2 atom stereocenters. The molecule has 1 aliphatic rings. The second-order valence-electron chi connectivity index (χ2n) is 9.03. The summed E-state index contributed by atoms with van der Waals surface area (Å²) in [6, 6.07) is 25.3. The van der Waals surface area contributed by atoms with Gasteiger partial charge in [-0.2, -0.15) is 0 Å². The summed E-state index contributed by atoms with van der Waals surface area (Å²) in [6.45, 7) is 1.10. The van der Waals surface area contributed by atoms with Gasteiger partial charge in [-0.3, -0.25) is 4.99 Å². The van der Waals surface area contributed by atoms with Gasteiger partial charge in [-0.15, -0.1) is 0 Å². The fourth-order valence-corrected chi connectivity index (χ4v) is 5.66. The van der Waals surface area contributed by atoms with Crippen LogP contribution < -0.4 is 4.72 Å². The Morgan fingerprint density at radius 1 is 0.971 bits per heavy atom. The Labute approximate surface area is 207 Å². The lowest BCUT2D eigenvalue weighted by molar-refractivity contribution is 0.286. The van der Waals surface area contributed by atoms with Gasteiger partial charge in [-0.25, -0.2) is 13.1 Å². The quantitative estimate of drug-likeness (QED) is 0.479. The second kappa shape index (κ2) is 10.9. The average molecular weight is 493 g/mol. The number of phenols is 1. The van der Waals surface area contributed by atoms with E-state index in [0.29, 0.717) is 19.5 Å². The van der Waals surface area contributed by atoms with E-state index >= 15 is 0 Å². The van der Waals surface area contributed by atoms with Crippen LogP contribution >= 0.6 is 0 Å². The topological polar surface area (TPSA) is 85.2 Å². The monoisotopic (exact) mass is 492 g/mol. The number of phenolic OH excluding ortho intramolecular Hbond substituents is 1. The van der Waals surface area contributed by atoms with Gasteiger partial charge >= 0.3 is 0 Å². The molecule has 3 aromatic rings. The first-order chi connectivity index (χ1) is 16.8. The smallest absolute Gasteiger partial charge is 0.240 e. The lowest BCUT2D eigenvalue weighted by Crippen LogP contribution is -2.52. The van der Waals surface area contributed by atoms with E-state index in [9.17, 15) is 13.5 Å². The van der Waals surface area contributed by atoms with Crippen molar-refractivity contribution in [1.29, 1.82) is 0 Å². The number of aliphatic imine (C=N–C) groups is 1. The Hall–Kier alpha value is -3.36. The van der Waals surface area contributed by atoms with Crippen molar-refractivity contribution in [2.75, 3.05) is 27.2 Å². The number of benzene rings is 3. The number of rotatable bonds is 9. The lowest BCUT2D eigenvalue weighted by Gasteiger charge is -2.34.